The van der Waals surface area contributed by atoms with Crippen molar-refractivity contribution in [3.8, 4) is 6.07 Å². The van der Waals surface area contributed by atoms with E-state index in [1.165, 1.54) is 6.20 Å². The summed E-state index contributed by atoms with van der Waals surface area (Å²) in [5, 5.41) is 12.6. The van der Waals surface area contributed by atoms with E-state index in [9.17, 15) is 4.79 Å². The first-order valence-corrected chi connectivity index (χ1v) is 7.67. The average Bonchev–Trinajstić information content (AvgIpc) is 2.56. The zero-order valence-electron chi connectivity index (χ0n) is 12.6. The first kappa shape index (κ1) is 15.3. The molecule has 23 heavy (non-hydrogen) atoms. The van der Waals surface area contributed by atoms with Gasteiger partial charge in [-0.1, -0.05) is 29.8 Å². The largest absolute Gasteiger partial charge is 0.362 e. The second-order valence-corrected chi connectivity index (χ2v) is 5.79. The Hall–Kier alpha value is -2.58. The Kier molecular flexibility index (Phi) is 4.18. The lowest BCUT2D eigenvalue weighted by molar-refractivity contribution is -0.116. The maximum absolute atomic E-state index is 11.8. The Labute approximate surface area is 139 Å². The fourth-order valence-electron chi connectivity index (χ4n) is 2.81. The molecule has 1 aromatic carbocycles. The van der Waals surface area contributed by atoms with Gasteiger partial charge in [0.1, 0.15) is 11.9 Å². The zero-order valence-corrected chi connectivity index (χ0v) is 13.3. The number of carbonyl (C=O) groups excluding carboxylic acids is 1. The van der Waals surface area contributed by atoms with E-state index in [-0.39, 0.29) is 11.9 Å². The fourth-order valence-corrected chi connectivity index (χ4v) is 3.03. The normalized spacial score (nSPS) is 16.4. The summed E-state index contributed by atoms with van der Waals surface area (Å²) >= 11 is 6.19. The highest BCUT2D eigenvalue weighted by Gasteiger charge is 2.27. The zero-order chi connectivity index (χ0) is 16.4. The number of nitrogens with zero attached hydrogens (tertiary/aromatic N) is 3. The lowest BCUT2D eigenvalue weighted by atomic mass is 9.96. The third-order valence-corrected chi connectivity index (χ3v) is 4.19. The van der Waals surface area contributed by atoms with E-state index in [0.717, 1.165) is 17.7 Å². The van der Waals surface area contributed by atoms with E-state index < -0.39 is 0 Å². The van der Waals surface area contributed by atoms with Crippen LogP contribution in [0.1, 0.15) is 30.5 Å². The number of pyridine rings is 1. The number of rotatable bonds is 2. The van der Waals surface area contributed by atoms with Gasteiger partial charge in [0, 0.05) is 25.4 Å². The third kappa shape index (κ3) is 2.99. The predicted octanol–water partition coefficient (Wildman–Crippen LogP) is 3.52. The van der Waals surface area contributed by atoms with Crippen molar-refractivity contribution >= 4 is 29.0 Å². The minimum absolute atomic E-state index is 0.0136. The summed E-state index contributed by atoms with van der Waals surface area (Å²) in [6, 6.07) is 11.4. The minimum atomic E-state index is 0.0136. The van der Waals surface area contributed by atoms with Gasteiger partial charge in [-0.3, -0.25) is 4.79 Å². The van der Waals surface area contributed by atoms with Crippen LogP contribution in [0, 0.1) is 11.3 Å². The van der Waals surface area contributed by atoms with Gasteiger partial charge in [-0.05, 0) is 24.1 Å². The number of fused-ring (bicyclic) bond motifs is 1. The van der Waals surface area contributed by atoms with Crippen LogP contribution < -0.4 is 10.2 Å². The molecule has 6 heteroatoms. The average molecular weight is 327 g/mol. The number of halogens is 1. The molecule has 0 spiro atoms. The molecule has 0 saturated carbocycles. The van der Waals surface area contributed by atoms with Gasteiger partial charge in [-0.2, -0.15) is 5.26 Å². The number of anilines is 2. The molecule has 3 rings (SSSR count). The summed E-state index contributed by atoms with van der Waals surface area (Å²) in [5.41, 5.74) is 2.37. The first-order valence-electron chi connectivity index (χ1n) is 7.29. The van der Waals surface area contributed by atoms with E-state index in [1.54, 1.807) is 17.9 Å². The molecule has 2 aromatic rings. The van der Waals surface area contributed by atoms with Crippen LogP contribution in [0.3, 0.4) is 0 Å². The number of carbonyl (C=O) groups is 1. The number of para-hydroxylation sites is 1. The number of hydrogen-bond donors (Lipinski definition) is 1. The third-order valence-electron chi connectivity index (χ3n) is 3.91. The maximum Gasteiger partial charge on any atom is 0.223 e. The van der Waals surface area contributed by atoms with Crippen molar-refractivity contribution in [3.05, 3.63) is 52.7 Å². The van der Waals surface area contributed by atoms with Crippen molar-refractivity contribution in [2.45, 2.75) is 19.4 Å². The highest BCUT2D eigenvalue weighted by atomic mass is 35.5. The van der Waals surface area contributed by atoms with E-state index in [4.69, 9.17) is 16.9 Å². The molecule has 1 unspecified atom stereocenters. The molecule has 1 aromatic heterocycles. The minimum Gasteiger partial charge on any atom is -0.362 e. The van der Waals surface area contributed by atoms with Crippen molar-refractivity contribution in [2.24, 2.45) is 0 Å². The van der Waals surface area contributed by atoms with Crippen LogP contribution in [0.15, 0.2) is 36.5 Å². The van der Waals surface area contributed by atoms with E-state index in [1.807, 2.05) is 30.3 Å². The molecular weight excluding hydrogens is 312 g/mol. The molecule has 2 heterocycles. The lowest BCUT2D eigenvalue weighted by Crippen LogP contribution is -2.36. The summed E-state index contributed by atoms with van der Waals surface area (Å²) in [5.74, 6) is 0.576. The summed E-state index contributed by atoms with van der Waals surface area (Å²) < 4.78 is 0. The molecule has 1 aliphatic heterocycles. The molecule has 1 aliphatic rings. The highest BCUT2D eigenvalue weighted by molar-refractivity contribution is 6.33. The van der Waals surface area contributed by atoms with Gasteiger partial charge in [0.15, 0.2) is 0 Å². The van der Waals surface area contributed by atoms with Crippen molar-refractivity contribution in [3.63, 3.8) is 0 Å². The highest BCUT2D eigenvalue weighted by Crippen LogP contribution is 2.36. The Morgan fingerprint density at radius 3 is 2.96 bits per heavy atom. The van der Waals surface area contributed by atoms with Crippen LogP contribution in [0.25, 0.3) is 0 Å². The van der Waals surface area contributed by atoms with E-state index in [0.29, 0.717) is 22.9 Å². The standard InChI is InChI=1S/C17H15ClN4O/c1-11(23)22-7-6-15(13-4-2-3-5-16(13)22)21-17-14(18)8-12(9-19)10-20-17/h2-5,8,10,15H,6-7H2,1H3,(H,20,21). The second-order valence-electron chi connectivity index (χ2n) is 5.38. The quantitative estimate of drug-likeness (QED) is 0.916. The number of aromatic nitrogens is 1. The van der Waals surface area contributed by atoms with Crippen molar-refractivity contribution in [2.75, 3.05) is 16.8 Å². The number of amides is 1. The Morgan fingerprint density at radius 1 is 1.48 bits per heavy atom. The summed E-state index contributed by atoms with van der Waals surface area (Å²) in [7, 11) is 0. The monoisotopic (exact) mass is 326 g/mol. The summed E-state index contributed by atoms with van der Waals surface area (Å²) in [6.45, 7) is 2.21. The van der Waals surface area contributed by atoms with E-state index >= 15 is 0 Å². The second kappa shape index (κ2) is 6.27. The molecule has 116 valence electrons. The van der Waals surface area contributed by atoms with Gasteiger partial charge in [0.25, 0.3) is 0 Å². The van der Waals surface area contributed by atoms with Crippen LogP contribution in [0.5, 0.6) is 0 Å². The van der Waals surface area contributed by atoms with E-state index in [2.05, 4.69) is 10.3 Å². The summed E-state index contributed by atoms with van der Waals surface area (Å²) in [4.78, 5) is 17.8. The van der Waals surface area contributed by atoms with Gasteiger partial charge < -0.3 is 10.2 Å². The van der Waals surface area contributed by atoms with Crippen molar-refractivity contribution in [1.82, 2.24) is 4.98 Å². The van der Waals surface area contributed by atoms with Crippen LogP contribution in [-0.2, 0) is 4.79 Å². The molecule has 5 nitrogen and oxygen atoms in total. The van der Waals surface area contributed by atoms with Gasteiger partial charge in [0.2, 0.25) is 5.91 Å². The topological polar surface area (TPSA) is 69.0 Å². The van der Waals surface area contributed by atoms with Crippen LogP contribution >= 0.6 is 11.6 Å². The number of benzene rings is 1. The van der Waals surface area contributed by atoms with Crippen molar-refractivity contribution < 1.29 is 4.79 Å². The molecule has 1 amide bonds. The SMILES string of the molecule is CC(=O)N1CCC(Nc2ncc(C#N)cc2Cl)c2ccccc21. The van der Waals surface area contributed by atoms with Gasteiger partial charge in [0.05, 0.1) is 16.6 Å². The van der Waals surface area contributed by atoms with Crippen LogP contribution in [0.2, 0.25) is 5.02 Å². The Bertz CT molecular complexity index is 799. The molecular formula is C17H15ClN4O. The maximum atomic E-state index is 11.8. The lowest BCUT2D eigenvalue weighted by Gasteiger charge is -2.34. The molecule has 0 saturated heterocycles. The van der Waals surface area contributed by atoms with Crippen LogP contribution in [-0.4, -0.2) is 17.4 Å². The van der Waals surface area contributed by atoms with Crippen molar-refractivity contribution in [1.29, 1.82) is 5.26 Å². The Balaban J connectivity index is 1.91. The van der Waals surface area contributed by atoms with Gasteiger partial charge >= 0.3 is 0 Å². The van der Waals surface area contributed by atoms with Crippen LogP contribution in [0.4, 0.5) is 11.5 Å². The summed E-state index contributed by atoms with van der Waals surface area (Å²) in [6.07, 6.45) is 2.25. The molecule has 0 bridgehead atoms. The molecule has 1 N–H and O–H groups in total. The van der Waals surface area contributed by atoms with Gasteiger partial charge in [-0.25, -0.2) is 4.98 Å². The number of hydrogen-bond acceptors (Lipinski definition) is 4. The molecule has 0 aliphatic carbocycles. The number of nitriles is 1. The molecule has 1 atom stereocenters. The van der Waals surface area contributed by atoms with Gasteiger partial charge in [-0.15, -0.1) is 0 Å². The molecule has 0 radical (unpaired) electrons. The first-order chi connectivity index (χ1) is 11.1. The smallest absolute Gasteiger partial charge is 0.223 e. The Morgan fingerprint density at radius 2 is 2.26 bits per heavy atom. The number of nitrogens with one attached hydrogen (secondary N) is 1. The predicted molar refractivity (Wildman–Crippen MR) is 89.4 cm³/mol. The fraction of sp³-hybridized carbons (Fsp3) is 0.235. The molecule has 0 fully saturated rings.